The first kappa shape index (κ1) is 16.6. The van der Waals surface area contributed by atoms with Crippen molar-refractivity contribution >= 4 is 52.1 Å². The Bertz CT molecular complexity index is 771. The Kier molecular flexibility index (Phi) is 4.95. The van der Waals surface area contributed by atoms with Gasteiger partial charge in [0.05, 0.1) is 5.69 Å². The molecule has 2 aromatic rings. The number of pyridine rings is 1. The van der Waals surface area contributed by atoms with E-state index in [1.54, 1.807) is 19.1 Å². The number of H-pyrrole nitrogens is 1. The van der Waals surface area contributed by atoms with Crippen LogP contribution >= 0.6 is 34.8 Å². The number of aryl methyl sites for hydroxylation is 1. The minimum Gasteiger partial charge on any atom is -0.460 e. The molecule has 0 atom stereocenters. The number of hydrogen-bond donors (Lipinski definition) is 2. The van der Waals surface area contributed by atoms with Gasteiger partial charge in [0, 0.05) is 0 Å². The van der Waals surface area contributed by atoms with Crippen molar-refractivity contribution < 1.29 is 14.2 Å². The molecule has 0 spiro atoms. The summed E-state index contributed by atoms with van der Waals surface area (Å²) in [6.07, 6.45) is 0. The number of carbonyl (C=O) groups excluding carboxylic acids is 1. The second kappa shape index (κ2) is 6.56. The Balaban J connectivity index is 2.23. The van der Waals surface area contributed by atoms with Gasteiger partial charge in [0.15, 0.2) is 0 Å². The highest BCUT2D eigenvalue weighted by molar-refractivity contribution is 6.45. The van der Waals surface area contributed by atoms with Gasteiger partial charge in [0.1, 0.15) is 27.3 Å². The highest BCUT2D eigenvalue weighted by Crippen LogP contribution is 2.31. The summed E-state index contributed by atoms with van der Waals surface area (Å²) in [6.45, 7) is 3.50. The largest absolute Gasteiger partial charge is 0.460 e. The quantitative estimate of drug-likeness (QED) is 0.499. The van der Waals surface area contributed by atoms with Crippen molar-refractivity contribution in [3.8, 4) is 0 Å². The third kappa shape index (κ3) is 3.35. The molecule has 0 unspecified atom stereocenters. The van der Waals surface area contributed by atoms with Gasteiger partial charge in [-0.15, -0.1) is 0 Å². The lowest BCUT2D eigenvalue weighted by molar-refractivity contribution is -0.379. The number of halogens is 3. The maximum absolute atomic E-state index is 12.1. The number of hydrogen-bond acceptors (Lipinski definition) is 4. The van der Waals surface area contributed by atoms with Crippen molar-refractivity contribution in [3.05, 3.63) is 44.5 Å². The van der Waals surface area contributed by atoms with Crippen molar-refractivity contribution in [2.24, 2.45) is 5.10 Å². The van der Waals surface area contributed by atoms with E-state index in [2.05, 4.69) is 15.5 Å². The fourth-order valence-corrected chi connectivity index (χ4v) is 2.21. The number of furan rings is 1. The number of nitrogens with one attached hydrogen (secondary N) is 2. The summed E-state index contributed by atoms with van der Waals surface area (Å²) in [7, 11) is 0. The van der Waals surface area contributed by atoms with E-state index >= 15 is 0 Å². The molecule has 4 N–H and O–H groups in total. The molecule has 9 heteroatoms. The number of carbonyl (C=O) groups is 1. The van der Waals surface area contributed by atoms with Gasteiger partial charge in [0.25, 0.3) is 10.8 Å². The smallest absolute Gasteiger partial charge is 0.337 e. The van der Waals surface area contributed by atoms with Crippen LogP contribution in [-0.4, -0.2) is 11.6 Å². The van der Waals surface area contributed by atoms with Crippen LogP contribution in [0, 0.1) is 6.92 Å². The van der Waals surface area contributed by atoms with E-state index in [1.807, 2.05) is 6.92 Å². The van der Waals surface area contributed by atoms with Crippen LogP contribution in [0.25, 0.3) is 0 Å². The van der Waals surface area contributed by atoms with Crippen molar-refractivity contribution in [1.82, 2.24) is 5.43 Å². The molecule has 0 aliphatic heterocycles. The van der Waals surface area contributed by atoms with E-state index in [0.29, 0.717) is 11.5 Å². The van der Waals surface area contributed by atoms with Crippen LogP contribution in [0.1, 0.15) is 28.9 Å². The van der Waals surface area contributed by atoms with Gasteiger partial charge in [-0.05, 0) is 37.6 Å². The van der Waals surface area contributed by atoms with Crippen molar-refractivity contribution in [1.29, 1.82) is 0 Å². The lowest BCUT2D eigenvalue weighted by atomic mass is 10.3. The van der Waals surface area contributed by atoms with E-state index in [0.717, 1.165) is 5.76 Å². The molecular weight excluding hydrogens is 351 g/mol. The molecule has 0 aromatic carbocycles. The van der Waals surface area contributed by atoms with E-state index in [9.17, 15) is 4.79 Å². The number of nitrogen functional groups attached to an aromatic ring is 1. The van der Waals surface area contributed by atoms with Crippen LogP contribution in [0.5, 0.6) is 0 Å². The van der Waals surface area contributed by atoms with Crippen molar-refractivity contribution in [2.75, 3.05) is 5.73 Å². The van der Waals surface area contributed by atoms with Gasteiger partial charge < -0.3 is 10.2 Å². The lowest BCUT2D eigenvalue weighted by Gasteiger charge is -2.03. The molecule has 0 aliphatic carbocycles. The maximum Gasteiger partial charge on any atom is 0.337 e. The van der Waals surface area contributed by atoms with Gasteiger partial charge in [-0.25, -0.2) is 5.43 Å². The van der Waals surface area contributed by atoms with Crippen LogP contribution in [0.4, 0.5) is 5.69 Å². The second-order valence-corrected chi connectivity index (χ2v) is 5.54. The predicted molar refractivity (Wildman–Crippen MR) is 85.6 cm³/mol. The molecule has 2 heterocycles. The molecular formula is C13H12Cl3N4O2+. The molecule has 1 amide bonds. The summed E-state index contributed by atoms with van der Waals surface area (Å²) in [4.78, 5) is 14.7. The number of nitrogens with two attached hydrogens (primary N) is 1. The number of amides is 1. The Morgan fingerprint density at radius 2 is 2.00 bits per heavy atom. The summed E-state index contributed by atoms with van der Waals surface area (Å²) < 4.78 is 5.39. The topological polar surface area (TPSA) is 94.8 Å². The molecule has 0 radical (unpaired) electrons. The van der Waals surface area contributed by atoms with Crippen LogP contribution in [0.15, 0.2) is 21.7 Å². The molecule has 2 rings (SSSR count). The van der Waals surface area contributed by atoms with Crippen LogP contribution in [-0.2, 0) is 0 Å². The number of aromatic amines is 1. The monoisotopic (exact) mass is 361 g/mol. The number of aromatic nitrogens is 1. The summed E-state index contributed by atoms with van der Waals surface area (Å²) in [6, 6.07) is 3.54. The zero-order chi connectivity index (χ0) is 16.4. The Labute approximate surface area is 141 Å². The minimum atomic E-state index is -0.613. The average molecular weight is 363 g/mol. The SMILES string of the molecule is C/C(=N\NC(=O)c1[nH+]c(Cl)c(Cl)c(N)c1Cl)c1ccc(C)o1. The van der Waals surface area contributed by atoms with Gasteiger partial charge in [0.2, 0.25) is 0 Å². The number of rotatable bonds is 3. The number of nitrogens with zero attached hydrogens (tertiary/aromatic N) is 1. The van der Waals surface area contributed by atoms with Crippen LogP contribution < -0.4 is 16.1 Å². The molecule has 6 nitrogen and oxygen atoms in total. The molecule has 0 saturated heterocycles. The zero-order valence-electron chi connectivity index (χ0n) is 11.6. The molecule has 0 bridgehead atoms. The highest BCUT2D eigenvalue weighted by atomic mass is 35.5. The second-order valence-electron chi connectivity index (χ2n) is 4.40. The van der Waals surface area contributed by atoms with Crippen LogP contribution in [0.3, 0.4) is 0 Å². The van der Waals surface area contributed by atoms with Gasteiger partial charge in [-0.1, -0.05) is 23.2 Å². The zero-order valence-corrected chi connectivity index (χ0v) is 13.9. The normalized spacial score (nSPS) is 11.6. The average Bonchev–Trinajstić information content (AvgIpc) is 2.92. The first-order valence-corrected chi connectivity index (χ1v) is 7.21. The Morgan fingerprint density at radius 1 is 1.32 bits per heavy atom. The first-order valence-electron chi connectivity index (χ1n) is 6.08. The first-order chi connectivity index (χ1) is 10.3. The minimum absolute atomic E-state index is 0.0103. The Morgan fingerprint density at radius 3 is 2.59 bits per heavy atom. The molecule has 116 valence electrons. The number of anilines is 1. The van der Waals surface area contributed by atoms with E-state index in [4.69, 9.17) is 45.0 Å². The maximum atomic E-state index is 12.1. The van der Waals surface area contributed by atoms with E-state index in [1.165, 1.54) is 0 Å². The molecule has 0 fully saturated rings. The molecule has 0 aliphatic rings. The fourth-order valence-electron chi connectivity index (χ4n) is 1.60. The summed E-state index contributed by atoms with van der Waals surface area (Å²) >= 11 is 17.6. The van der Waals surface area contributed by atoms with Gasteiger partial charge in [-0.2, -0.15) is 10.1 Å². The van der Waals surface area contributed by atoms with Gasteiger partial charge in [-0.3, -0.25) is 4.79 Å². The standard InChI is InChI=1S/C13H11Cl3N4O2/c1-5-3-4-7(22-5)6(2)19-20-13(21)11-8(14)10(17)9(15)12(16)18-11/h3-4H,1-2H3,(H2,17,18)(H,20,21)/p+1/b19-6+. The molecule has 22 heavy (non-hydrogen) atoms. The van der Waals surface area contributed by atoms with Crippen molar-refractivity contribution in [3.63, 3.8) is 0 Å². The van der Waals surface area contributed by atoms with Crippen LogP contribution in [0.2, 0.25) is 15.2 Å². The predicted octanol–water partition coefficient (Wildman–Crippen LogP) is 3.10. The summed E-state index contributed by atoms with van der Waals surface area (Å²) in [5.74, 6) is 0.670. The molecule has 2 aromatic heterocycles. The van der Waals surface area contributed by atoms with E-state index < -0.39 is 5.91 Å². The summed E-state index contributed by atoms with van der Waals surface area (Å²) in [5, 5.41) is 3.96. The van der Waals surface area contributed by atoms with E-state index in [-0.39, 0.29) is 26.6 Å². The number of hydrazone groups is 1. The summed E-state index contributed by atoms with van der Waals surface area (Å²) in [5.41, 5.74) is 8.47. The lowest BCUT2D eigenvalue weighted by Crippen LogP contribution is -2.28. The Hall–Kier alpha value is -1.76. The molecule has 0 saturated carbocycles. The third-order valence-corrected chi connectivity index (χ3v) is 3.93. The van der Waals surface area contributed by atoms with Crippen molar-refractivity contribution in [2.45, 2.75) is 13.8 Å². The van der Waals surface area contributed by atoms with Gasteiger partial charge >= 0.3 is 5.91 Å². The fraction of sp³-hybridized carbons (Fsp3) is 0.154. The third-order valence-electron chi connectivity index (χ3n) is 2.77. The highest BCUT2D eigenvalue weighted by Gasteiger charge is 2.26.